The highest BCUT2D eigenvalue weighted by atomic mass is 35.5. The second-order valence-corrected chi connectivity index (χ2v) is 6.01. The van der Waals surface area contributed by atoms with Crippen LogP contribution >= 0.6 is 46.6 Å². The third-order valence-corrected chi connectivity index (χ3v) is 4.69. The Morgan fingerprint density at radius 2 is 1.68 bits per heavy atom. The Labute approximate surface area is 130 Å². The van der Waals surface area contributed by atoms with Gasteiger partial charge in [-0.2, -0.15) is 0 Å². The van der Waals surface area contributed by atoms with Gasteiger partial charge in [-0.25, -0.2) is 0 Å². The van der Waals surface area contributed by atoms with Crippen LogP contribution in [0.2, 0.25) is 15.1 Å². The van der Waals surface area contributed by atoms with Gasteiger partial charge in [-0.05, 0) is 30.3 Å². The molecular formula is C14H9Cl3OS. The van der Waals surface area contributed by atoms with Crippen molar-refractivity contribution in [3.05, 3.63) is 63.1 Å². The second kappa shape index (κ2) is 6.67. The fourth-order valence-corrected chi connectivity index (χ4v) is 2.89. The average molecular weight is 332 g/mol. The molecule has 2 aromatic carbocycles. The van der Waals surface area contributed by atoms with E-state index in [1.54, 1.807) is 24.3 Å². The van der Waals surface area contributed by atoms with Gasteiger partial charge in [0.2, 0.25) is 0 Å². The van der Waals surface area contributed by atoms with E-state index in [0.29, 0.717) is 26.4 Å². The predicted octanol–water partition coefficient (Wildman–Crippen LogP) is 5.62. The van der Waals surface area contributed by atoms with E-state index < -0.39 is 0 Å². The summed E-state index contributed by atoms with van der Waals surface area (Å²) >= 11 is 19.1. The van der Waals surface area contributed by atoms with Crippen LogP contribution in [0.15, 0.2) is 47.4 Å². The number of Topliss-reactive ketones (excluding diaryl/α,β-unsaturated/α-hetero) is 1. The highest BCUT2D eigenvalue weighted by Gasteiger charge is 2.10. The Morgan fingerprint density at radius 1 is 0.947 bits per heavy atom. The Kier molecular flexibility index (Phi) is 5.17. The zero-order valence-corrected chi connectivity index (χ0v) is 12.8. The molecule has 1 nitrogen and oxygen atoms in total. The summed E-state index contributed by atoms with van der Waals surface area (Å²) in [5.74, 6) is 0.297. The summed E-state index contributed by atoms with van der Waals surface area (Å²) in [5.41, 5.74) is 0.550. The van der Waals surface area contributed by atoms with Gasteiger partial charge in [0.05, 0.1) is 20.8 Å². The van der Waals surface area contributed by atoms with Crippen molar-refractivity contribution in [3.63, 3.8) is 0 Å². The van der Waals surface area contributed by atoms with Crippen molar-refractivity contribution in [2.75, 3.05) is 5.75 Å². The molecule has 0 amide bonds. The van der Waals surface area contributed by atoms with Crippen molar-refractivity contribution in [2.24, 2.45) is 0 Å². The molecule has 0 spiro atoms. The largest absolute Gasteiger partial charge is 0.293 e. The first-order chi connectivity index (χ1) is 9.08. The molecule has 0 atom stereocenters. The normalized spacial score (nSPS) is 10.5. The molecule has 0 aliphatic carbocycles. The molecule has 0 aliphatic heterocycles. The van der Waals surface area contributed by atoms with Crippen LogP contribution in [0.3, 0.4) is 0 Å². The summed E-state index contributed by atoms with van der Waals surface area (Å²) in [4.78, 5) is 12.9. The van der Waals surface area contributed by atoms with E-state index in [-0.39, 0.29) is 5.78 Å². The lowest BCUT2D eigenvalue weighted by Crippen LogP contribution is -2.02. The first kappa shape index (κ1) is 14.7. The SMILES string of the molecule is O=C(CSc1ccccc1Cl)c1ccc(Cl)c(Cl)c1. The fourth-order valence-electron chi connectivity index (χ4n) is 1.46. The minimum atomic E-state index is -0.0107. The van der Waals surface area contributed by atoms with Crippen molar-refractivity contribution in [3.8, 4) is 0 Å². The molecule has 2 aromatic rings. The maximum absolute atomic E-state index is 12.0. The first-order valence-corrected chi connectivity index (χ1v) is 7.55. The van der Waals surface area contributed by atoms with E-state index >= 15 is 0 Å². The molecule has 0 unspecified atom stereocenters. The van der Waals surface area contributed by atoms with Crippen LogP contribution < -0.4 is 0 Å². The number of carbonyl (C=O) groups excluding carboxylic acids is 1. The molecule has 0 saturated heterocycles. The maximum Gasteiger partial charge on any atom is 0.173 e. The van der Waals surface area contributed by atoms with Gasteiger partial charge in [0, 0.05) is 10.5 Å². The number of hydrogen-bond acceptors (Lipinski definition) is 2. The zero-order valence-electron chi connectivity index (χ0n) is 9.70. The van der Waals surface area contributed by atoms with E-state index in [1.165, 1.54) is 11.8 Å². The minimum Gasteiger partial charge on any atom is -0.293 e. The summed E-state index contributed by atoms with van der Waals surface area (Å²) < 4.78 is 0. The van der Waals surface area contributed by atoms with Gasteiger partial charge >= 0.3 is 0 Å². The summed E-state index contributed by atoms with van der Waals surface area (Å²) in [6.45, 7) is 0. The van der Waals surface area contributed by atoms with Crippen molar-refractivity contribution in [2.45, 2.75) is 4.90 Å². The van der Waals surface area contributed by atoms with Gasteiger partial charge in [-0.15, -0.1) is 11.8 Å². The molecule has 0 aliphatic rings. The number of rotatable bonds is 4. The molecular weight excluding hydrogens is 323 g/mol. The Morgan fingerprint density at radius 3 is 2.37 bits per heavy atom. The Bertz CT molecular complexity index is 613. The summed E-state index contributed by atoms with van der Waals surface area (Å²) in [5, 5.41) is 1.47. The highest BCUT2D eigenvalue weighted by molar-refractivity contribution is 8.00. The Hall–Kier alpha value is -0.670. The molecule has 0 bridgehead atoms. The van der Waals surface area contributed by atoms with E-state index in [0.717, 1.165) is 4.90 Å². The van der Waals surface area contributed by atoms with Crippen LogP contribution in [0.1, 0.15) is 10.4 Å². The van der Waals surface area contributed by atoms with Crippen LogP contribution in [-0.2, 0) is 0 Å². The molecule has 5 heteroatoms. The summed E-state index contributed by atoms with van der Waals surface area (Å²) in [6, 6.07) is 12.3. The fraction of sp³-hybridized carbons (Fsp3) is 0.0714. The quantitative estimate of drug-likeness (QED) is 0.534. The number of benzene rings is 2. The smallest absolute Gasteiger partial charge is 0.173 e. The van der Waals surface area contributed by atoms with Crippen molar-refractivity contribution in [1.29, 1.82) is 0 Å². The predicted molar refractivity (Wildman–Crippen MR) is 83.0 cm³/mol. The lowest BCUT2D eigenvalue weighted by Gasteiger charge is -2.04. The van der Waals surface area contributed by atoms with E-state index in [1.807, 2.05) is 18.2 Å². The van der Waals surface area contributed by atoms with E-state index in [2.05, 4.69) is 0 Å². The highest BCUT2D eigenvalue weighted by Crippen LogP contribution is 2.28. The molecule has 0 fully saturated rings. The van der Waals surface area contributed by atoms with Gasteiger partial charge in [0.15, 0.2) is 5.78 Å². The molecule has 2 rings (SSSR count). The molecule has 19 heavy (non-hydrogen) atoms. The molecule has 98 valence electrons. The van der Waals surface area contributed by atoms with Crippen LogP contribution in [0.25, 0.3) is 0 Å². The maximum atomic E-state index is 12.0. The van der Waals surface area contributed by atoms with Crippen LogP contribution in [0, 0.1) is 0 Å². The zero-order chi connectivity index (χ0) is 13.8. The van der Waals surface area contributed by atoms with Crippen LogP contribution in [0.4, 0.5) is 0 Å². The topological polar surface area (TPSA) is 17.1 Å². The first-order valence-electron chi connectivity index (χ1n) is 5.43. The summed E-state index contributed by atoms with van der Waals surface area (Å²) in [7, 11) is 0. The van der Waals surface area contributed by atoms with Crippen LogP contribution in [0.5, 0.6) is 0 Å². The third-order valence-electron chi connectivity index (χ3n) is 2.44. The lowest BCUT2D eigenvalue weighted by atomic mass is 10.1. The van der Waals surface area contributed by atoms with E-state index in [9.17, 15) is 4.79 Å². The van der Waals surface area contributed by atoms with Crippen molar-refractivity contribution < 1.29 is 4.79 Å². The van der Waals surface area contributed by atoms with Crippen molar-refractivity contribution >= 4 is 52.3 Å². The van der Waals surface area contributed by atoms with E-state index in [4.69, 9.17) is 34.8 Å². The number of ketones is 1. The summed E-state index contributed by atoms with van der Waals surface area (Å²) in [6.07, 6.45) is 0. The van der Waals surface area contributed by atoms with Gasteiger partial charge < -0.3 is 0 Å². The van der Waals surface area contributed by atoms with Gasteiger partial charge in [0.1, 0.15) is 0 Å². The monoisotopic (exact) mass is 330 g/mol. The standard InChI is InChI=1S/C14H9Cl3OS/c15-10-6-5-9(7-12(10)17)13(18)8-19-14-4-2-1-3-11(14)16/h1-7H,8H2. The second-order valence-electron chi connectivity index (χ2n) is 3.77. The minimum absolute atomic E-state index is 0.0107. The molecule has 0 aromatic heterocycles. The number of carbonyl (C=O) groups is 1. The van der Waals surface area contributed by atoms with Gasteiger partial charge in [-0.1, -0.05) is 46.9 Å². The van der Waals surface area contributed by atoms with Crippen LogP contribution in [-0.4, -0.2) is 11.5 Å². The molecule has 0 N–H and O–H groups in total. The number of thioether (sulfide) groups is 1. The van der Waals surface area contributed by atoms with Gasteiger partial charge in [0.25, 0.3) is 0 Å². The van der Waals surface area contributed by atoms with Gasteiger partial charge in [-0.3, -0.25) is 4.79 Å². The average Bonchev–Trinajstić information content (AvgIpc) is 2.40. The lowest BCUT2D eigenvalue weighted by molar-refractivity contribution is 0.102. The Balaban J connectivity index is 2.05. The third kappa shape index (κ3) is 3.90. The molecule has 0 heterocycles. The molecule has 0 radical (unpaired) electrons. The number of hydrogen-bond donors (Lipinski definition) is 0. The number of halogens is 3. The molecule has 0 saturated carbocycles. The van der Waals surface area contributed by atoms with Crippen molar-refractivity contribution in [1.82, 2.24) is 0 Å².